The summed E-state index contributed by atoms with van der Waals surface area (Å²) in [6.45, 7) is 5.80. The summed E-state index contributed by atoms with van der Waals surface area (Å²) in [5.41, 5.74) is 1.47. The molecule has 2 fully saturated rings. The van der Waals surface area contributed by atoms with Crippen LogP contribution < -0.4 is 10.1 Å². The molecule has 1 heterocycles. The number of aliphatic imine (C=N–C) groups is 1. The Hall–Kier alpha value is -1.75. The van der Waals surface area contributed by atoms with Crippen LogP contribution in [0.2, 0.25) is 0 Å². The highest BCUT2D eigenvalue weighted by Crippen LogP contribution is 2.44. The second kappa shape index (κ2) is 9.45. The molecule has 0 radical (unpaired) electrons. The number of ether oxygens (including phenoxy) is 2. The van der Waals surface area contributed by atoms with E-state index in [1.807, 2.05) is 7.05 Å². The second-order valence-corrected chi connectivity index (χ2v) is 7.73. The van der Waals surface area contributed by atoms with Crippen LogP contribution in [0.15, 0.2) is 29.3 Å². The van der Waals surface area contributed by atoms with Gasteiger partial charge < -0.3 is 19.7 Å². The minimum atomic E-state index is 0.131. The minimum absolute atomic E-state index is 0.131. The maximum atomic E-state index is 5.78. The molecular weight excluding hydrogens is 338 g/mol. The van der Waals surface area contributed by atoms with Gasteiger partial charge in [-0.1, -0.05) is 31.0 Å². The molecule has 0 aromatic heterocycles. The van der Waals surface area contributed by atoms with Crippen LogP contribution in [0.3, 0.4) is 0 Å². The summed E-state index contributed by atoms with van der Waals surface area (Å²) >= 11 is 0. The number of piperidine rings is 1. The average molecular weight is 374 g/mol. The first-order valence-electron chi connectivity index (χ1n) is 10.4. The Kier molecular flexibility index (Phi) is 7.00. The van der Waals surface area contributed by atoms with Gasteiger partial charge in [0.05, 0.1) is 13.2 Å². The van der Waals surface area contributed by atoms with Gasteiger partial charge in [0.15, 0.2) is 5.96 Å². The Labute approximate surface area is 164 Å². The normalized spacial score (nSPS) is 20.7. The van der Waals surface area contributed by atoms with E-state index in [-0.39, 0.29) is 5.41 Å². The Balaban J connectivity index is 1.67. The Bertz CT molecular complexity index is 618. The van der Waals surface area contributed by atoms with E-state index >= 15 is 0 Å². The van der Waals surface area contributed by atoms with Crippen LogP contribution in [0.1, 0.15) is 51.0 Å². The minimum Gasteiger partial charge on any atom is -0.496 e. The van der Waals surface area contributed by atoms with E-state index in [9.17, 15) is 0 Å². The molecule has 5 heteroatoms. The topological polar surface area (TPSA) is 46.1 Å². The number of para-hydroxylation sites is 1. The summed E-state index contributed by atoms with van der Waals surface area (Å²) in [5, 5.41) is 3.70. The lowest BCUT2D eigenvalue weighted by Gasteiger charge is -2.37. The number of nitrogens with zero attached hydrogens (tertiary/aromatic N) is 2. The number of guanidine groups is 1. The van der Waals surface area contributed by atoms with Gasteiger partial charge in [-0.05, 0) is 38.7 Å². The molecule has 1 aromatic rings. The number of likely N-dealkylation sites (tertiary alicyclic amines) is 1. The summed E-state index contributed by atoms with van der Waals surface area (Å²) in [7, 11) is 3.66. The second-order valence-electron chi connectivity index (χ2n) is 7.73. The van der Waals surface area contributed by atoms with Crippen LogP contribution in [0.25, 0.3) is 0 Å². The molecule has 1 aliphatic carbocycles. The lowest BCUT2D eigenvalue weighted by Crippen LogP contribution is -2.50. The average Bonchev–Trinajstić information content (AvgIpc) is 3.20. The molecule has 3 rings (SSSR count). The summed E-state index contributed by atoms with van der Waals surface area (Å²) in [6, 6.07) is 8.51. The van der Waals surface area contributed by atoms with Crippen molar-refractivity contribution in [3.8, 4) is 5.75 Å². The van der Waals surface area contributed by atoms with Gasteiger partial charge in [0.1, 0.15) is 5.75 Å². The van der Waals surface area contributed by atoms with Crippen molar-refractivity contribution in [2.75, 3.05) is 40.4 Å². The molecule has 150 valence electrons. The zero-order valence-corrected chi connectivity index (χ0v) is 17.2. The molecule has 2 aliphatic rings. The molecule has 0 atom stereocenters. The van der Waals surface area contributed by atoms with Crippen molar-refractivity contribution in [2.45, 2.75) is 57.0 Å². The van der Waals surface area contributed by atoms with Crippen molar-refractivity contribution in [3.63, 3.8) is 0 Å². The third-order valence-corrected chi connectivity index (χ3v) is 6.18. The predicted molar refractivity (Wildman–Crippen MR) is 111 cm³/mol. The molecule has 0 unspecified atom stereocenters. The largest absolute Gasteiger partial charge is 0.496 e. The zero-order chi connectivity index (χ0) is 19.1. The lowest BCUT2D eigenvalue weighted by atomic mass is 9.78. The van der Waals surface area contributed by atoms with Gasteiger partial charge in [-0.25, -0.2) is 0 Å². The van der Waals surface area contributed by atoms with Crippen molar-refractivity contribution in [1.29, 1.82) is 0 Å². The highest BCUT2D eigenvalue weighted by Gasteiger charge is 2.38. The molecular formula is C22H35N3O2. The van der Waals surface area contributed by atoms with Gasteiger partial charge in [-0.3, -0.25) is 4.99 Å². The Morgan fingerprint density at radius 2 is 1.93 bits per heavy atom. The number of benzene rings is 1. The van der Waals surface area contributed by atoms with E-state index in [0.29, 0.717) is 6.10 Å². The molecule has 0 amide bonds. The first-order valence-corrected chi connectivity index (χ1v) is 10.4. The fraction of sp³-hybridized carbons (Fsp3) is 0.682. The highest BCUT2D eigenvalue weighted by molar-refractivity contribution is 5.80. The van der Waals surface area contributed by atoms with E-state index in [0.717, 1.165) is 50.8 Å². The number of rotatable bonds is 6. The van der Waals surface area contributed by atoms with Gasteiger partial charge >= 0.3 is 0 Å². The number of hydrogen-bond donors (Lipinski definition) is 1. The fourth-order valence-corrected chi connectivity index (χ4v) is 4.73. The van der Waals surface area contributed by atoms with E-state index < -0.39 is 0 Å². The number of hydrogen-bond acceptors (Lipinski definition) is 3. The van der Waals surface area contributed by atoms with Gasteiger partial charge in [-0.15, -0.1) is 0 Å². The van der Waals surface area contributed by atoms with Crippen LogP contribution in [-0.4, -0.2) is 57.4 Å². The van der Waals surface area contributed by atoms with Crippen LogP contribution >= 0.6 is 0 Å². The smallest absolute Gasteiger partial charge is 0.193 e. The molecule has 1 saturated heterocycles. The van der Waals surface area contributed by atoms with E-state index in [2.05, 4.69) is 46.4 Å². The van der Waals surface area contributed by atoms with Crippen LogP contribution in [-0.2, 0) is 10.2 Å². The van der Waals surface area contributed by atoms with Crippen molar-refractivity contribution in [3.05, 3.63) is 29.8 Å². The molecule has 1 saturated carbocycles. The third kappa shape index (κ3) is 4.57. The highest BCUT2D eigenvalue weighted by atomic mass is 16.5. The van der Waals surface area contributed by atoms with Gasteiger partial charge in [0.25, 0.3) is 0 Å². The Morgan fingerprint density at radius 1 is 1.22 bits per heavy atom. The summed E-state index contributed by atoms with van der Waals surface area (Å²) in [4.78, 5) is 6.95. The predicted octanol–water partition coefficient (Wildman–Crippen LogP) is 3.58. The monoisotopic (exact) mass is 373 g/mol. The van der Waals surface area contributed by atoms with Gasteiger partial charge in [0, 0.05) is 44.3 Å². The maximum absolute atomic E-state index is 5.78. The first-order chi connectivity index (χ1) is 13.2. The van der Waals surface area contributed by atoms with Crippen LogP contribution in [0.5, 0.6) is 5.75 Å². The molecule has 27 heavy (non-hydrogen) atoms. The summed E-state index contributed by atoms with van der Waals surface area (Å²) in [6.07, 6.45) is 7.50. The van der Waals surface area contributed by atoms with Crippen molar-refractivity contribution < 1.29 is 9.47 Å². The number of nitrogens with one attached hydrogen (secondary N) is 1. The molecule has 0 spiro atoms. The zero-order valence-electron chi connectivity index (χ0n) is 17.2. The van der Waals surface area contributed by atoms with Gasteiger partial charge in [0.2, 0.25) is 0 Å². The quantitative estimate of drug-likeness (QED) is 0.611. The van der Waals surface area contributed by atoms with E-state index in [1.165, 1.54) is 31.2 Å². The SMILES string of the molecule is CCOC1CCN(C(=NC)NCC2(c3ccccc3OC)CCCC2)CC1. The van der Waals surface area contributed by atoms with Crippen LogP contribution in [0, 0.1) is 0 Å². The standard InChI is InChI=1S/C22H35N3O2/c1-4-27-18-11-15-25(16-12-18)21(23-2)24-17-22(13-7-8-14-22)19-9-5-6-10-20(19)26-3/h5-6,9-10,18H,4,7-8,11-17H2,1-3H3,(H,23,24). The van der Waals surface area contributed by atoms with Crippen LogP contribution in [0.4, 0.5) is 0 Å². The first kappa shape index (κ1) is 20.0. The summed E-state index contributed by atoms with van der Waals surface area (Å²) < 4.78 is 11.5. The van der Waals surface area contributed by atoms with Gasteiger partial charge in [-0.2, -0.15) is 0 Å². The maximum Gasteiger partial charge on any atom is 0.193 e. The fourth-order valence-electron chi connectivity index (χ4n) is 4.73. The molecule has 5 nitrogen and oxygen atoms in total. The van der Waals surface area contributed by atoms with Crippen molar-refractivity contribution in [2.24, 2.45) is 4.99 Å². The molecule has 1 aromatic carbocycles. The lowest BCUT2D eigenvalue weighted by molar-refractivity contribution is 0.0263. The van der Waals surface area contributed by atoms with Crippen molar-refractivity contribution >= 4 is 5.96 Å². The van der Waals surface area contributed by atoms with E-state index in [4.69, 9.17) is 9.47 Å². The van der Waals surface area contributed by atoms with Crippen molar-refractivity contribution in [1.82, 2.24) is 10.2 Å². The molecule has 1 N–H and O–H groups in total. The molecule has 0 bridgehead atoms. The summed E-state index contributed by atoms with van der Waals surface area (Å²) in [5.74, 6) is 2.03. The Morgan fingerprint density at radius 3 is 2.56 bits per heavy atom. The molecule has 1 aliphatic heterocycles. The van der Waals surface area contributed by atoms with E-state index in [1.54, 1.807) is 7.11 Å². The third-order valence-electron chi connectivity index (χ3n) is 6.18. The number of methoxy groups -OCH3 is 1.